The average Bonchev–Trinajstić information content (AvgIpc) is 2.24. The normalized spacial score (nSPS) is 13.3. The van der Waals surface area contributed by atoms with Crippen LogP contribution in [0.2, 0.25) is 0 Å². The molecule has 0 rings (SSSR count). The fraction of sp³-hybridized carbons (Fsp3) is 0.667. The standard InChI is InChI=1S/C9H14O9.3Na.3H/c10-3-5(11)4-18-7(14)2-9(17,8(15)16)1-6(12)13;;;;;;/h5,10-11,17H,1-4H2,(H,12,13)(H,15,16);;;;;;. The second-order valence-electron chi connectivity index (χ2n) is 3.60. The summed E-state index contributed by atoms with van der Waals surface area (Å²) in [5.74, 6) is -4.67. The van der Waals surface area contributed by atoms with E-state index in [0.29, 0.717) is 0 Å². The molecule has 0 bridgehead atoms. The molecule has 0 aromatic heterocycles. The van der Waals surface area contributed by atoms with E-state index in [-0.39, 0.29) is 88.7 Å². The minimum absolute atomic E-state index is 0. The number of aliphatic hydroxyl groups is 3. The number of aliphatic hydroxyl groups excluding tert-OH is 2. The molecule has 0 amide bonds. The van der Waals surface area contributed by atoms with Crippen molar-refractivity contribution in [3.05, 3.63) is 0 Å². The van der Waals surface area contributed by atoms with Crippen LogP contribution in [-0.2, 0) is 19.1 Å². The monoisotopic (exact) mass is 338 g/mol. The number of carboxylic acid groups (broad SMARTS) is 2. The number of carbonyl (C=O) groups is 3. The van der Waals surface area contributed by atoms with E-state index in [1.54, 1.807) is 0 Å². The quantitative estimate of drug-likeness (QED) is 0.217. The third kappa shape index (κ3) is 13.4. The van der Waals surface area contributed by atoms with E-state index in [1.807, 2.05) is 0 Å². The summed E-state index contributed by atoms with van der Waals surface area (Å²) < 4.78 is 4.36. The van der Waals surface area contributed by atoms with Gasteiger partial charge in [0.1, 0.15) is 12.7 Å². The Morgan fingerprint density at radius 3 is 1.86 bits per heavy atom. The molecule has 0 aromatic rings. The van der Waals surface area contributed by atoms with E-state index >= 15 is 0 Å². The van der Waals surface area contributed by atoms with Crippen molar-refractivity contribution in [2.75, 3.05) is 13.2 Å². The zero-order chi connectivity index (χ0) is 14.3. The number of hydrogen-bond acceptors (Lipinski definition) is 7. The number of carboxylic acids is 2. The van der Waals surface area contributed by atoms with Crippen molar-refractivity contribution in [2.24, 2.45) is 0 Å². The molecule has 0 saturated heterocycles. The maximum atomic E-state index is 11.1. The summed E-state index contributed by atoms with van der Waals surface area (Å²) in [4.78, 5) is 32.2. The molecule has 5 N–H and O–H groups in total. The van der Waals surface area contributed by atoms with Gasteiger partial charge in [0, 0.05) is 0 Å². The molecule has 0 saturated carbocycles. The van der Waals surface area contributed by atoms with Crippen LogP contribution in [0.25, 0.3) is 0 Å². The first-order chi connectivity index (χ1) is 8.21. The second-order valence-corrected chi connectivity index (χ2v) is 3.60. The van der Waals surface area contributed by atoms with Gasteiger partial charge in [-0.15, -0.1) is 0 Å². The number of hydrogen-bond donors (Lipinski definition) is 5. The Kier molecular flexibility index (Phi) is 21.4. The predicted molar refractivity (Wildman–Crippen MR) is 75.0 cm³/mol. The zero-order valence-corrected chi connectivity index (χ0v) is 9.27. The molecule has 0 heterocycles. The summed E-state index contributed by atoms with van der Waals surface area (Å²) >= 11 is 0. The molecule has 0 spiro atoms. The first-order valence-corrected chi connectivity index (χ1v) is 4.83. The second kappa shape index (κ2) is 14.9. The molecule has 0 aromatic carbocycles. The van der Waals surface area contributed by atoms with Crippen molar-refractivity contribution in [3.63, 3.8) is 0 Å². The van der Waals surface area contributed by atoms with Gasteiger partial charge in [-0.3, -0.25) is 9.59 Å². The van der Waals surface area contributed by atoms with E-state index in [1.165, 1.54) is 0 Å². The van der Waals surface area contributed by atoms with Gasteiger partial charge < -0.3 is 30.3 Å². The summed E-state index contributed by atoms with van der Waals surface area (Å²) in [6.45, 7) is -1.25. The number of rotatable bonds is 8. The zero-order valence-electron chi connectivity index (χ0n) is 9.27. The fourth-order valence-electron chi connectivity index (χ4n) is 0.996. The van der Waals surface area contributed by atoms with Crippen molar-refractivity contribution in [2.45, 2.75) is 24.5 Å². The SMILES string of the molecule is O=C(O)CC(O)(CC(=O)OCC(O)CO)C(=O)O.[NaH].[NaH].[NaH]. The Balaban J connectivity index is -0.000000482. The van der Waals surface area contributed by atoms with Crippen LogP contribution < -0.4 is 0 Å². The van der Waals surface area contributed by atoms with E-state index in [9.17, 15) is 19.5 Å². The molecule has 110 valence electrons. The van der Waals surface area contributed by atoms with Crippen LogP contribution in [0.3, 0.4) is 0 Å². The van der Waals surface area contributed by atoms with Gasteiger partial charge in [0.25, 0.3) is 0 Å². The molecule has 2 unspecified atom stereocenters. The number of aliphatic carboxylic acids is 2. The van der Waals surface area contributed by atoms with Gasteiger partial charge >= 0.3 is 107 Å². The summed E-state index contributed by atoms with van der Waals surface area (Å²) in [6.07, 6.45) is -3.57. The van der Waals surface area contributed by atoms with Crippen LogP contribution in [0.5, 0.6) is 0 Å². The van der Waals surface area contributed by atoms with Crippen LogP contribution >= 0.6 is 0 Å². The van der Waals surface area contributed by atoms with E-state index in [4.69, 9.17) is 20.4 Å². The van der Waals surface area contributed by atoms with Crippen molar-refractivity contribution in [3.8, 4) is 0 Å². The van der Waals surface area contributed by atoms with Crippen LogP contribution in [0, 0.1) is 0 Å². The van der Waals surface area contributed by atoms with Crippen molar-refractivity contribution in [1.29, 1.82) is 0 Å². The van der Waals surface area contributed by atoms with Crippen LogP contribution in [-0.4, -0.2) is 157 Å². The van der Waals surface area contributed by atoms with Crippen LogP contribution in [0.1, 0.15) is 12.8 Å². The van der Waals surface area contributed by atoms with Gasteiger partial charge in [-0.1, -0.05) is 0 Å². The van der Waals surface area contributed by atoms with Crippen LogP contribution in [0.4, 0.5) is 0 Å². The van der Waals surface area contributed by atoms with Gasteiger partial charge in [0.05, 0.1) is 19.4 Å². The van der Waals surface area contributed by atoms with Crippen molar-refractivity contribution >= 4 is 107 Å². The summed E-state index contributed by atoms with van der Waals surface area (Å²) in [6, 6.07) is 0. The van der Waals surface area contributed by atoms with Gasteiger partial charge in [-0.05, 0) is 0 Å². The summed E-state index contributed by atoms with van der Waals surface area (Å²) in [5, 5.41) is 43.8. The Hall–Kier alpha value is 1.29. The Bertz CT molecular complexity index is 338. The number of carbonyl (C=O) groups excluding carboxylic acids is 1. The van der Waals surface area contributed by atoms with Crippen LogP contribution in [0.15, 0.2) is 0 Å². The first kappa shape index (κ1) is 30.2. The third-order valence-electron chi connectivity index (χ3n) is 1.93. The first-order valence-electron chi connectivity index (χ1n) is 4.83. The Morgan fingerprint density at radius 1 is 1.05 bits per heavy atom. The molecule has 21 heavy (non-hydrogen) atoms. The average molecular weight is 338 g/mol. The molecule has 2 atom stereocenters. The molecule has 0 aliphatic rings. The topological polar surface area (TPSA) is 162 Å². The fourth-order valence-corrected chi connectivity index (χ4v) is 0.996. The van der Waals surface area contributed by atoms with Crippen molar-refractivity contribution in [1.82, 2.24) is 0 Å². The molecule has 0 fully saturated rings. The van der Waals surface area contributed by atoms with Gasteiger partial charge in [0.15, 0.2) is 5.60 Å². The minimum atomic E-state index is -2.77. The van der Waals surface area contributed by atoms with E-state index < -0.39 is 55.7 Å². The van der Waals surface area contributed by atoms with Gasteiger partial charge in [0.2, 0.25) is 0 Å². The Morgan fingerprint density at radius 2 is 1.52 bits per heavy atom. The number of esters is 1. The van der Waals surface area contributed by atoms with E-state index in [2.05, 4.69) is 4.74 Å². The Labute approximate surface area is 186 Å². The van der Waals surface area contributed by atoms with Gasteiger partial charge in [-0.2, -0.15) is 0 Å². The number of ether oxygens (including phenoxy) is 1. The summed E-state index contributed by atoms with van der Waals surface area (Å²) in [5.41, 5.74) is -2.77. The molecular formula is C9H17Na3O9. The molecular weight excluding hydrogens is 321 g/mol. The molecule has 0 radical (unpaired) electrons. The summed E-state index contributed by atoms with van der Waals surface area (Å²) in [7, 11) is 0. The maximum absolute atomic E-state index is 11.1. The van der Waals surface area contributed by atoms with Gasteiger partial charge in [-0.25, -0.2) is 4.79 Å². The molecule has 12 heteroatoms. The molecule has 0 aliphatic carbocycles. The molecule has 9 nitrogen and oxygen atoms in total. The van der Waals surface area contributed by atoms with Crippen molar-refractivity contribution < 1.29 is 44.7 Å². The predicted octanol–water partition coefficient (Wildman–Crippen LogP) is -4.38. The van der Waals surface area contributed by atoms with E-state index in [0.717, 1.165) is 0 Å². The molecule has 0 aliphatic heterocycles. The third-order valence-corrected chi connectivity index (χ3v) is 1.93.